The van der Waals surface area contributed by atoms with E-state index in [9.17, 15) is 4.79 Å². The fourth-order valence-electron chi connectivity index (χ4n) is 6.19. The molecular formula is C39H37F2N9O. The summed E-state index contributed by atoms with van der Waals surface area (Å²) in [7, 11) is 1.99. The summed E-state index contributed by atoms with van der Waals surface area (Å²) in [6, 6.07) is 29.9. The summed E-state index contributed by atoms with van der Waals surface area (Å²) in [5.41, 5.74) is 4.47. The normalized spacial score (nSPS) is 13.3. The largest absolute Gasteiger partial charge is 0.364 e. The van der Waals surface area contributed by atoms with Crippen molar-refractivity contribution in [2.45, 2.75) is 13.1 Å². The molecule has 258 valence electrons. The van der Waals surface area contributed by atoms with Crippen LogP contribution >= 0.6 is 0 Å². The number of hydrogen-bond acceptors (Lipinski definition) is 8. The molecule has 0 spiro atoms. The van der Waals surface area contributed by atoms with Crippen LogP contribution in [0.25, 0.3) is 16.9 Å². The van der Waals surface area contributed by atoms with E-state index in [2.05, 4.69) is 27.0 Å². The Bertz CT molecular complexity index is 2100. The van der Waals surface area contributed by atoms with Gasteiger partial charge in [0.15, 0.2) is 28.6 Å². The lowest BCUT2D eigenvalue weighted by atomic mass is 10.1. The molecule has 0 aliphatic carbocycles. The lowest BCUT2D eigenvalue weighted by Crippen LogP contribution is -2.45. The standard InChI is InChI=1S/C39H37F2N9O/c1-3-34(51)43-29-15-10-16-31(21-29)50-26-42-35-37(49(24-27-11-6-4-7-12-27)25-28-13-8-5-9-14-28)45-39(46-38(35)50)44-30-22-32(40)36(33(41)23-30)48-19-17-47(2)18-20-48/h3-16,21-23,26H,1,17-20,24-25H2,2H3,(H,43,51)(H,44,45,46). The maximum absolute atomic E-state index is 15.6. The summed E-state index contributed by atoms with van der Waals surface area (Å²) in [5.74, 6) is -1.01. The Hall–Kier alpha value is -6.14. The van der Waals surface area contributed by atoms with Crippen molar-refractivity contribution < 1.29 is 13.6 Å². The Labute approximate surface area is 294 Å². The number of carbonyl (C=O) groups is 1. The lowest BCUT2D eigenvalue weighted by molar-refractivity contribution is -0.111. The molecule has 2 aromatic heterocycles. The number of amides is 1. The van der Waals surface area contributed by atoms with Crippen molar-refractivity contribution in [2.75, 3.05) is 53.7 Å². The van der Waals surface area contributed by atoms with Crippen LogP contribution in [0.2, 0.25) is 0 Å². The summed E-state index contributed by atoms with van der Waals surface area (Å²) in [4.78, 5) is 32.6. The molecule has 7 rings (SSSR count). The number of nitrogens with one attached hydrogen (secondary N) is 2. The van der Waals surface area contributed by atoms with E-state index in [0.717, 1.165) is 24.2 Å². The molecule has 3 heterocycles. The highest BCUT2D eigenvalue weighted by Gasteiger charge is 2.24. The number of benzene rings is 4. The predicted octanol–water partition coefficient (Wildman–Crippen LogP) is 6.92. The maximum Gasteiger partial charge on any atom is 0.247 e. The van der Waals surface area contributed by atoms with E-state index in [4.69, 9.17) is 15.0 Å². The van der Waals surface area contributed by atoms with Crippen molar-refractivity contribution >= 4 is 45.9 Å². The highest BCUT2D eigenvalue weighted by Crippen LogP contribution is 2.33. The zero-order chi connectivity index (χ0) is 35.3. The Morgan fingerprint density at radius 1 is 0.843 bits per heavy atom. The van der Waals surface area contributed by atoms with Crippen LogP contribution in [0.15, 0.2) is 116 Å². The van der Waals surface area contributed by atoms with Gasteiger partial charge in [-0.1, -0.05) is 73.3 Å². The van der Waals surface area contributed by atoms with E-state index in [-0.39, 0.29) is 23.2 Å². The van der Waals surface area contributed by atoms with Gasteiger partial charge in [-0.05, 0) is 54.6 Å². The van der Waals surface area contributed by atoms with Crippen molar-refractivity contribution in [2.24, 2.45) is 0 Å². The van der Waals surface area contributed by atoms with E-state index < -0.39 is 11.6 Å². The number of aromatic nitrogens is 4. The van der Waals surface area contributed by atoms with E-state index >= 15 is 8.78 Å². The minimum atomic E-state index is -0.665. The molecule has 51 heavy (non-hydrogen) atoms. The van der Waals surface area contributed by atoms with Crippen molar-refractivity contribution in [1.82, 2.24) is 24.4 Å². The molecule has 1 aliphatic rings. The third-order valence-electron chi connectivity index (χ3n) is 8.78. The molecule has 0 bridgehead atoms. The monoisotopic (exact) mass is 685 g/mol. The number of rotatable bonds is 11. The molecule has 0 atom stereocenters. The Kier molecular flexibility index (Phi) is 9.66. The molecular weight excluding hydrogens is 648 g/mol. The second kappa shape index (κ2) is 14.8. The van der Waals surface area contributed by atoms with Crippen molar-refractivity contribution in [3.8, 4) is 5.69 Å². The number of nitrogens with zero attached hydrogens (tertiary/aromatic N) is 7. The second-order valence-electron chi connectivity index (χ2n) is 12.4. The SMILES string of the molecule is C=CC(=O)Nc1cccc(-n2cnc3c(N(Cc4ccccc4)Cc4ccccc4)nc(Nc4cc(F)c(N5CCN(C)CC5)c(F)c4)nc32)c1. The van der Waals surface area contributed by atoms with Gasteiger partial charge in [0.25, 0.3) is 0 Å². The highest BCUT2D eigenvalue weighted by atomic mass is 19.1. The Morgan fingerprint density at radius 2 is 1.49 bits per heavy atom. The molecule has 1 saturated heterocycles. The molecule has 10 nitrogen and oxygen atoms in total. The van der Waals surface area contributed by atoms with Gasteiger partial charge in [-0.2, -0.15) is 9.97 Å². The van der Waals surface area contributed by atoms with Crippen LogP contribution < -0.4 is 20.4 Å². The van der Waals surface area contributed by atoms with Crippen LogP contribution in [0.5, 0.6) is 0 Å². The summed E-state index contributed by atoms with van der Waals surface area (Å²) >= 11 is 0. The number of anilines is 5. The highest BCUT2D eigenvalue weighted by molar-refractivity contribution is 5.99. The minimum absolute atomic E-state index is 0.0379. The van der Waals surface area contributed by atoms with Crippen molar-refractivity contribution in [3.05, 3.63) is 139 Å². The summed E-state index contributed by atoms with van der Waals surface area (Å²) in [6.45, 7) is 7.03. The van der Waals surface area contributed by atoms with Crippen LogP contribution in [0.1, 0.15) is 11.1 Å². The first-order valence-corrected chi connectivity index (χ1v) is 16.7. The van der Waals surface area contributed by atoms with E-state index in [0.29, 0.717) is 54.5 Å². The number of halogens is 2. The lowest BCUT2D eigenvalue weighted by Gasteiger charge is -2.34. The van der Waals surface area contributed by atoms with Crippen LogP contribution in [0.3, 0.4) is 0 Å². The summed E-state index contributed by atoms with van der Waals surface area (Å²) < 4.78 is 33.0. The number of carbonyl (C=O) groups excluding carboxylic acids is 1. The predicted molar refractivity (Wildman–Crippen MR) is 198 cm³/mol. The van der Waals surface area contributed by atoms with Crippen LogP contribution in [0.4, 0.5) is 37.6 Å². The number of likely N-dealkylation sites (N-methyl/N-ethyl adjacent to an activating group) is 1. The minimum Gasteiger partial charge on any atom is -0.364 e. The fraction of sp³-hybridized carbons (Fsp3) is 0.179. The smallest absolute Gasteiger partial charge is 0.247 e. The number of hydrogen-bond donors (Lipinski definition) is 2. The fourth-order valence-corrected chi connectivity index (χ4v) is 6.19. The molecule has 0 saturated carbocycles. The molecule has 1 aliphatic heterocycles. The van der Waals surface area contributed by atoms with Gasteiger partial charge in [0.05, 0.1) is 5.69 Å². The summed E-state index contributed by atoms with van der Waals surface area (Å²) in [6.07, 6.45) is 2.85. The van der Waals surface area contributed by atoms with Gasteiger partial charge in [-0.15, -0.1) is 0 Å². The maximum atomic E-state index is 15.6. The molecule has 0 radical (unpaired) electrons. The first-order valence-electron chi connectivity index (χ1n) is 16.7. The summed E-state index contributed by atoms with van der Waals surface area (Å²) in [5, 5.41) is 5.88. The molecule has 6 aromatic rings. The Balaban J connectivity index is 1.33. The third-order valence-corrected chi connectivity index (χ3v) is 8.78. The van der Waals surface area contributed by atoms with Crippen LogP contribution in [0, 0.1) is 11.6 Å². The number of piperazine rings is 1. The molecule has 2 N–H and O–H groups in total. The zero-order valence-corrected chi connectivity index (χ0v) is 28.1. The van der Waals surface area contributed by atoms with Gasteiger partial charge in [-0.3, -0.25) is 9.36 Å². The molecule has 12 heteroatoms. The van der Waals surface area contributed by atoms with Gasteiger partial charge in [-0.25, -0.2) is 13.8 Å². The van der Waals surface area contributed by atoms with Gasteiger partial charge < -0.3 is 25.3 Å². The van der Waals surface area contributed by atoms with Gasteiger partial charge in [0.2, 0.25) is 11.9 Å². The number of fused-ring (bicyclic) bond motifs is 1. The van der Waals surface area contributed by atoms with Crippen LogP contribution in [-0.2, 0) is 17.9 Å². The second-order valence-corrected chi connectivity index (χ2v) is 12.4. The van der Waals surface area contributed by atoms with E-state index in [1.807, 2.05) is 79.8 Å². The molecule has 0 unspecified atom stereocenters. The average Bonchev–Trinajstić information content (AvgIpc) is 3.56. The zero-order valence-electron chi connectivity index (χ0n) is 28.1. The van der Waals surface area contributed by atoms with Crippen molar-refractivity contribution in [1.29, 1.82) is 0 Å². The number of imidazole rings is 1. The topological polar surface area (TPSA) is 94.4 Å². The Morgan fingerprint density at radius 3 is 2.12 bits per heavy atom. The van der Waals surface area contributed by atoms with Gasteiger partial charge >= 0.3 is 0 Å². The van der Waals surface area contributed by atoms with Crippen LogP contribution in [-0.4, -0.2) is 63.6 Å². The molecule has 4 aromatic carbocycles. The van der Waals surface area contributed by atoms with E-state index in [1.54, 1.807) is 27.9 Å². The first-order chi connectivity index (χ1) is 24.8. The van der Waals surface area contributed by atoms with Gasteiger partial charge in [0, 0.05) is 50.6 Å². The molecule has 1 amide bonds. The quantitative estimate of drug-likeness (QED) is 0.142. The average molecular weight is 686 g/mol. The van der Waals surface area contributed by atoms with Crippen molar-refractivity contribution in [3.63, 3.8) is 0 Å². The first kappa shape index (κ1) is 33.4. The van der Waals surface area contributed by atoms with E-state index in [1.165, 1.54) is 18.2 Å². The molecule has 1 fully saturated rings. The van der Waals surface area contributed by atoms with Gasteiger partial charge in [0.1, 0.15) is 12.0 Å². The third kappa shape index (κ3) is 7.55.